The van der Waals surface area contributed by atoms with Gasteiger partial charge in [0.05, 0.1) is 17.4 Å². The number of ether oxygens (including phenoxy) is 1. The smallest absolute Gasteiger partial charge is 0.155 e. The molecule has 1 aliphatic rings. The van der Waals surface area contributed by atoms with Crippen LogP contribution in [-0.2, 0) is 15.5 Å². The fraction of sp³-hybridized carbons (Fsp3) is 0.529. The average Bonchev–Trinajstić information content (AvgIpc) is 3.11. The molecule has 1 fully saturated rings. The van der Waals surface area contributed by atoms with Crippen LogP contribution in [0.5, 0.6) is 0 Å². The maximum absolute atomic E-state index is 12.3. The van der Waals surface area contributed by atoms with Crippen molar-refractivity contribution in [3.63, 3.8) is 0 Å². The van der Waals surface area contributed by atoms with Gasteiger partial charge in [0.2, 0.25) is 0 Å². The van der Waals surface area contributed by atoms with Gasteiger partial charge in [0.15, 0.2) is 11.6 Å². The highest BCUT2D eigenvalue weighted by molar-refractivity contribution is 7.85. The lowest BCUT2D eigenvalue weighted by Gasteiger charge is -2.31. The minimum Gasteiger partial charge on any atom is -0.368 e. The Morgan fingerprint density at radius 2 is 2.17 bits per heavy atom. The first-order chi connectivity index (χ1) is 11.6. The molecule has 6 nitrogen and oxygen atoms in total. The maximum Gasteiger partial charge on any atom is 0.155 e. The van der Waals surface area contributed by atoms with Crippen molar-refractivity contribution in [2.45, 2.75) is 30.8 Å². The van der Waals surface area contributed by atoms with E-state index in [2.05, 4.69) is 33.9 Å². The van der Waals surface area contributed by atoms with Crippen LogP contribution in [0.15, 0.2) is 35.2 Å². The van der Waals surface area contributed by atoms with Gasteiger partial charge in [0.25, 0.3) is 0 Å². The lowest BCUT2D eigenvalue weighted by atomic mass is 10.2. The second-order valence-corrected chi connectivity index (χ2v) is 7.83. The van der Waals surface area contributed by atoms with E-state index >= 15 is 0 Å². The van der Waals surface area contributed by atoms with Crippen LogP contribution in [0.25, 0.3) is 0 Å². The molecule has 1 N–H and O–H groups in total. The van der Waals surface area contributed by atoms with Crippen molar-refractivity contribution < 1.29 is 8.95 Å². The first-order valence-corrected chi connectivity index (χ1v) is 9.65. The molecular formula is C17H24N4O2S. The number of benzene rings is 1. The van der Waals surface area contributed by atoms with Gasteiger partial charge in [-0.25, -0.2) is 4.98 Å². The van der Waals surface area contributed by atoms with Crippen molar-refractivity contribution in [3.8, 4) is 0 Å². The molecule has 3 rings (SSSR count). The normalized spacial score (nSPS) is 20.4. The number of nitrogens with zero attached hydrogens (tertiary/aromatic N) is 3. The van der Waals surface area contributed by atoms with Crippen LogP contribution in [-0.4, -0.2) is 56.3 Å². The van der Waals surface area contributed by atoms with E-state index in [1.165, 1.54) is 0 Å². The van der Waals surface area contributed by atoms with E-state index in [0.717, 1.165) is 36.2 Å². The van der Waals surface area contributed by atoms with E-state index in [4.69, 9.17) is 4.74 Å². The van der Waals surface area contributed by atoms with E-state index in [-0.39, 0.29) is 6.10 Å². The van der Waals surface area contributed by atoms with Gasteiger partial charge in [-0.3, -0.25) is 14.2 Å². The number of hydrogen-bond acceptors (Lipinski definition) is 5. The predicted molar refractivity (Wildman–Crippen MR) is 93.3 cm³/mol. The lowest BCUT2D eigenvalue weighted by Crippen LogP contribution is -2.40. The van der Waals surface area contributed by atoms with Gasteiger partial charge in [-0.15, -0.1) is 0 Å². The number of nitrogens with one attached hydrogen (secondary N) is 1. The summed E-state index contributed by atoms with van der Waals surface area (Å²) in [4.78, 5) is 7.70. The van der Waals surface area contributed by atoms with Gasteiger partial charge in [0.1, 0.15) is 6.10 Å². The quantitative estimate of drug-likeness (QED) is 0.866. The molecule has 0 saturated carbocycles. The van der Waals surface area contributed by atoms with Crippen molar-refractivity contribution in [2.75, 3.05) is 32.0 Å². The lowest BCUT2D eigenvalue weighted by molar-refractivity contribution is -0.0321. The van der Waals surface area contributed by atoms with Gasteiger partial charge in [-0.1, -0.05) is 32.0 Å². The van der Waals surface area contributed by atoms with Crippen molar-refractivity contribution in [1.29, 1.82) is 0 Å². The molecule has 0 spiro atoms. The molecule has 1 aromatic carbocycles. The summed E-state index contributed by atoms with van der Waals surface area (Å²) >= 11 is 0. The molecule has 0 radical (unpaired) electrons. The number of morpholine rings is 1. The van der Waals surface area contributed by atoms with Gasteiger partial charge < -0.3 is 4.74 Å². The van der Waals surface area contributed by atoms with Gasteiger partial charge in [0, 0.05) is 36.2 Å². The Kier molecular flexibility index (Phi) is 5.76. The maximum atomic E-state index is 12.3. The summed E-state index contributed by atoms with van der Waals surface area (Å²) in [7, 11) is -0.961. The van der Waals surface area contributed by atoms with Gasteiger partial charge in [-0.05, 0) is 12.1 Å². The number of hydrogen-bond donors (Lipinski definition) is 1. The SMILES string of the molecule is CC(C)c1n[nH]c([C@@H]2CN(CC[S@](=O)c3ccccc3)CCO2)n1. The zero-order chi connectivity index (χ0) is 16.9. The molecule has 1 aromatic heterocycles. The minimum absolute atomic E-state index is 0.0936. The fourth-order valence-electron chi connectivity index (χ4n) is 2.66. The summed E-state index contributed by atoms with van der Waals surface area (Å²) in [6, 6.07) is 9.62. The van der Waals surface area contributed by atoms with Crippen LogP contribution in [0.1, 0.15) is 37.5 Å². The third-order valence-electron chi connectivity index (χ3n) is 4.09. The molecule has 1 aliphatic heterocycles. The fourth-order valence-corrected chi connectivity index (χ4v) is 3.78. The zero-order valence-electron chi connectivity index (χ0n) is 14.1. The Hall–Kier alpha value is -1.57. The Labute approximate surface area is 145 Å². The second-order valence-electron chi connectivity index (χ2n) is 6.26. The van der Waals surface area contributed by atoms with Crippen molar-refractivity contribution in [3.05, 3.63) is 42.0 Å². The number of H-pyrrole nitrogens is 1. The Morgan fingerprint density at radius 1 is 1.38 bits per heavy atom. The summed E-state index contributed by atoms with van der Waals surface area (Å²) in [5, 5.41) is 7.24. The largest absolute Gasteiger partial charge is 0.368 e. The molecule has 24 heavy (non-hydrogen) atoms. The standard InChI is InChI=1S/C17H24N4O2S/c1-13(2)16-18-17(20-19-16)15-12-21(8-10-23-15)9-11-24(22)14-6-4-3-5-7-14/h3-7,13,15H,8-12H2,1-2H3,(H,18,19,20)/t15-,24-/m0/s1. The number of rotatable bonds is 6. The Bertz CT molecular complexity index is 674. The van der Waals surface area contributed by atoms with Crippen LogP contribution in [0.3, 0.4) is 0 Å². The molecule has 0 unspecified atom stereocenters. The van der Waals surface area contributed by atoms with Crippen LogP contribution in [0.4, 0.5) is 0 Å². The molecule has 0 aliphatic carbocycles. The second kappa shape index (κ2) is 8.00. The Morgan fingerprint density at radius 3 is 2.88 bits per heavy atom. The van der Waals surface area contributed by atoms with E-state index < -0.39 is 10.8 Å². The third kappa shape index (κ3) is 4.28. The molecule has 0 bridgehead atoms. The minimum atomic E-state index is -0.961. The summed E-state index contributed by atoms with van der Waals surface area (Å²) in [6.07, 6.45) is -0.0936. The molecule has 2 aromatic rings. The molecular weight excluding hydrogens is 324 g/mol. The summed E-state index contributed by atoms with van der Waals surface area (Å²) < 4.78 is 18.2. The first-order valence-electron chi connectivity index (χ1n) is 8.33. The highest BCUT2D eigenvalue weighted by atomic mass is 32.2. The van der Waals surface area contributed by atoms with Gasteiger partial charge in [-0.2, -0.15) is 5.10 Å². The summed E-state index contributed by atoms with van der Waals surface area (Å²) in [5.41, 5.74) is 0. The predicted octanol–water partition coefficient (Wildman–Crippen LogP) is 2.11. The van der Waals surface area contributed by atoms with E-state index in [1.807, 2.05) is 30.3 Å². The van der Waals surface area contributed by atoms with Gasteiger partial charge >= 0.3 is 0 Å². The van der Waals surface area contributed by atoms with E-state index in [9.17, 15) is 4.21 Å². The first kappa shape index (κ1) is 17.3. The highest BCUT2D eigenvalue weighted by Gasteiger charge is 2.25. The highest BCUT2D eigenvalue weighted by Crippen LogP contribution is 2.20. The topological polar surface area (TPSA) is 71.1 Å². The molecule has 0 amide bonds. The summed E-state index contributed by atoms with van der Waals surface area (Å²) in [6.45, 7) is 7.18. The van der Waals surface area contributed by atoms with E-state index in [0.29, 0.717) is 18.3 Å². The Balaban J connectivity index is 1.54. The molecule has 2 heterocycles. The van der Waals surface area contributed by atoms with Crippen LogP contribution in [0, 0.1) is 0 Å². The monoisotopic (exact) mass is 348 g/mol. The molecule has 1 saturated heterocycles. The summed E-state index contributed by atoms with van der Waals surface area (Å²) in [5.74, 6) is 2.52. The molecule has 130 valence electrons. The molecule has 2 atom stereocenters. The third-order valence-corrected chi connectivity index (χ3v) is 5.44. The van der Waals surface area contributed by atoms with Crippen LogP contribution >= 0.6 is 0 Å². The molecule has 7 heteroatoms. The van der Waals surface area contributed by atoms with Crippen molar-refractivity contribution in [1.82, 2.24) is 20.1 Å². The number of aromatic amines is 1. The number of aromatic nitrogens is 3. The average molecular weight is 348 g/mol. The van der Waals surface area contributed by atoms with E-state index in [1.54, 1.807) is 0 Å². The van der Waals surface area contributed by atoms with Crippen molar-refractivity contribution in [2.24, 2.45) is 0 Å². The van der Waals surface area contributed by atoms with Crippen molar-refractivity contribution >= 4 is 10.8 Å². The van der Waals surface area contributed by atoms with Crippen LogP contribution < -0.4 is 0 Å². The van der Waals surface area contributed by atoms with Crippen LogP contribution in [0.2, 0.25) is 0 Å². The zero-order valence-corrected chi connectivity index (χ0v) is 15.0.